The Morgan fingerprint density at radius 3 is 2.07 bits per heavy atom. The van der Waals surface area contributed by atoms with Gasteiger partial charge in [0.05, 0.1) is 17.6 Å². The van der Waals surface area contributed by atoms with Gasteiger partial charge in [-0.3, -0.25) is 4.90 Å². The monoisotopic (exact) mass is 221 g/mol. The molecule has 0 saturated carbocycles. The van der Waals surface area contributed by atoms with Crippen molar-refractivity contribution in [2.24, 2.45) is 0 Å². The zero-order valence-corrected chi connectivity index (χ0v) is 9.84. The van der Waals surface area contributed by atoms with Gasteiger partial charge in [0.1, 0.15) is 0 Å². The topological polar surface area (TPSA) is 57.6 Å². The molecule has 1 aliphatic heterocycles. The molecule has 0 amide bonds. The van der Waals surface area contributed by atoms with Crippen LogP contribution in [0.3, 0.4) is 0 Å². The van der Waals surface area contributed by atoms with Crippen molar-refractivity contribution in [2.75, 3.05) is 24.6 Å². The van der Waals surface area contributed by atoms with Crippen LogP contribution in [0.25, 0.3) is 0 Å². The summed E-state index contributed by atoms with van der Waals surface area (Å²) < 4.78 is 22.4. The molecule has 5 heteroatoms. The molecule has 0 spiro atoms. The number of sulfone groups is 1. The highest BCUT2D eigenvalue weighted by atomic mass is 32.2. The number of nitrogens with zero attached hydrogens (tertiary/aromatic N) is 1. The van der Waals surface area contributed by atoms with Crippen molar-refractivity contribution in [2.45, 2.75) is 32.4 Å². The Morgan fingerprint density at radius 2 is 1.71 bits per heavy atom. The third-order valence-corrected chi connectivity index (χ3v) is 4.79. The van der Waals surface area contributed by atoms with Gasteiger partial charge in [-0.25, -0.2) is 8.42 Å². The second kappa shape index (κ2) is 3.79. The van der Waals surface area contributed by atoms with Gasteiger partial charge in [-0.1, -0.05) is 0 Å². The van der Waals surface area contributed by atoms with Crippen molar-refractivity contribution in [3.05, 3.63) is 0 Å². The lowest BCUT2D eigenvalue weighted by molar-refractivity contribution is 0.00539. The van der Waals surface area contributed by atoms with Crippen LogP contribution in [0.1, 0.15) is 20.8 Å². The van der Waals surface area contributed by atoms with Gasteiger partial charge in [0.25, 0.3) is 0 Å². The van der Waals surface area contributed by atoms with Gasteiger partial charge >= 0.3 is 0 Å². The van der Waals surface area contributed by atoms with Crippen molar-refractivity contribution in [1.29, 1.82) is 0 Å². The van der Waals surface area contributed by atoms with Gasteiger partial charge in [-0.05, 0) is 20.8 Å². The van der Waals surface area contributed by atoms with Gasteiger partial charge < -0.3 is 5.11 Å². The molecule has 1 rings (SSSR count). The molecule has 0 aromatic carbocycles. The molecule has 1 fully saturated rings. The number of rotatable bonds is 2. The Balaban J connectivity index is 2.66. The smallest absolute Gasteiger partial charge is 0.152 e. The maximum atomic E-state index is 11.2. The summed E-state index contributed by atoms with van der Waals surface area (Å²) in [6.07, 6.45) is -0.455. The van der Waals surface area contributed by atoms with Crippen LogP contribution in [0, 0.1) is 0 Å². The molecule has 0 aliphatic carbocycles. The quantitative estimate of drug-likeness (QED) is 0.706. The number of aliphatic hydroxyl groups is 1. The summed E-state index contributed by atoms with van der Waals surface area (Å²) in [6.45, 7) is 6.68. The zero-order valence-electron chi connectivity index (χ0n) is 9.02. The van der Waals surface area contributed by atoms with E-state index in [4.69, 9.17) is 0 Å². The first-order valence-electron chi connectivity index (χ1n) is 4.89. The largest absolute Gasteiger partial charge is 0.392 e. The lowest BCUT2D eigenvalue weighted by atomic mass is 9.96. The normalized spacial score (nSPS) is 26.0. The highest BCUT2D eigenvalue weighted by Gasteiger charge is 2.35. The number of hydrogen-bond donors (Lipinski definition) is 1. The summed E-state index contributed by atoms with van der Waals surface area (Å²) >= 11 is 0. The second-order valence-corrected chi connectivity index (χ2v) is 6.77. The Bertz CT molecular complexity index is 281. The lowest BCUT2D eigenvalue weighted by Crippen LogP contribution is -2.56. The molecule has 0 aromatic rings. The van der Waals surface area contributed by atoms with Crippen LogP contribution >= 0.6 is 0 Å². The maximum absolute atomic E-state index is 11.2. The van der Waals surface area contributed by atoms with Crippen molar-refractivity contribution in [1.82, 2.24) is 4.90 Å². The fourth-order valence-electron chi connectivity index (χ4n) is 1.55. The Morgan fingerprint density at radius 1 is 1.29 bits per heavy atom. The molecule has 1 atom stereocenters. The van der Waals surface area contributed by atoms with E-state index in [0.29, 0.717) is 13.1 Å². The van der Waals surface area contributed by atoms with E-state index in [1.807, 2.05) is 18.7 Å². The van der Waals surface area contributed by atoms with E-state index in [2.05, 4.69) is 0 Å². The van der Waals surface area contributed by atoms with E-state index >= 15 is 0 Å². The van der Waals surface area contributed by atoms with Crippen molar-refractivity contribution in [3.8, 4) is 0 Å². The van der Waals surface area contributed by atoms with Crippen LogP contribution in [0.15, 0.2) is 0 Å². The summed E-state index contributed by atoms with van der Waals surface area (Å²) in [5.41, 5.74) is -0.337. The van der Waals surface area contributed by atoms with E-state index in [-0.39, 0.29) is 17.0 Å². The van der Waals surface area contributed by atoms with Crippen LogP contribution in [0.5, 0.6) is 0 Å². The second-order valence-electron chi connectivity index (χ2n) is 4.47. The van der Waals surface area contributed by atoms with Crippen LogP contribution in [0.4, 0.5) is 0 Å². The molecule has 1 N–H and O–H groups in total. The number of aliphatic hydroxyl groups excluding tert-OH is 1. The maximum Gasteiger partial charge on any atom is 0.152 e. The molecule has 4 nitrogen and oxygen atoms in total. The van der Waals surface area contributed by atoms with Gasteiger partial charge in [-0.2, -0.15) is 0 Å². The minimum absolute atomic E-state index is 0.211. The van der Waals surface area contributed by atoms with Crippen LogP contribution in [0.2, 0.25) is 0 Å². The zero-order chi connectivity index (χ0) is 11.0. The molecule has 1 unspecified atom stereocenters. The molecule has 1 heterocycles. The summed E-state index contributed by atoms with van der Waals surface area (Å²) in [5.74, 6) is 0.423. The van der Waals surface area contributed by atoms with Crippen molar-refractivity contribution in [3.63, 3.8) is 0 Å². The van der Waals surface area contributed by atoms with Crippen molar-refractivity contribution >= 4 is 9.84 Å². The third-order valence-electron chi connectivity index (χ3n) is 3.18. The van der Waals surface area contributed by atoms with E-state index in [0.717, 1.165) is 0 Å². The SMILES string of the molecule is CC(O)C(C)(C)N1CCS(=O)(=O)CC1. The molecular formula is C9H19NO3S. The summed E-state index contributed by atoms with van der Waals surface area (Å²) in [7, 11) is -2.82. The average Bonchev–Trinajstić information content (AvgIpc) is 2.03. The van der Waals surface area contributed by atoms with E-state index in [1.54, 1.807) is 6.92 Å². The molecule has 0 radical (unpaired) electrons. The lowest BCUT2D eigenvalue weighted by Gasteiger charge is -2.42. The standard InChI is InChI=1S/C9H19NO3S/c1-8(11)9(2,3)10-4-6-14(12,13)7-5-10/h8,11H,4-7H2,1-3H3. The van der Waals surface area contributed by atoms with Gasteiger partial charge in [-0.15, -0.1) is 0 Å². The Labute approximate surface area is 85.8 Å². The molecule has 0 aromatic heterocycles. The Hall–Kier alpha value is -0.130. The fraction of sp³-hybridized carbons (Fsp3) is 1.00. The highest BCUT2D eigenvalue weighted by Crippen LogP contribution is 2.21. The molecule has 84 valence electrons. The van der Waals surface area contributed by atoms with Gasteiger partial charge in [0.15, 0.2) is 9.84 Å². The third kappa shape index (κ3) is 2.46. The number of hydrogen-bond acceptors (Lipinski definition) is 4. The molecule has 0 bridgehead atoms. The predicted octanol–water partition coefficient (Wildman–Crippen LogP) is -0.124. The average molecular weight is 221 g/mol. The molecule has 1 aliphatic rings. The molecule has 14 heavy (non-hydrogen) atoms. The highest BCUT2D eigenvalue weighted by molar-refractivity contribution is 7.91. The van der Waals surface area contributed by atoms with E-state index < -0.39 is 15.9 Å². The first-order valence-corrected chi connectivity index (χ1v) is 6.71. The van der Waals surface area contributed by atoms with Crippen molar-refractivity contribution < 1.29 is 13.5 Å². The molecular weight excluding hydrogens is 202 g/mol. The van der Waals surface area contributed by atoms with Crippen LogP contribution < -0.4 is 0 Å². The Kier molecular flexibility index (Phi) is 3.23. The minimum atomic E-state index is -2.82. The summed E-state index contributed by atoms with van der Waals surface area (Å²) in [6, 6.07) is 0. The van der Waals surface area contributed by atoms with E-state index in [9.17, 15) is 13.5 Å². The van der Waals surface area contributed by atoms with E-state index in [1.165, 1.54) is 0 Å². The summed E-state index contributed by atoms with van der Waals surface area (Å²) in [4.78, 5) is 2.04. The van der Waals surface area contributed by atoms with Gasteiger partial charge in [0, 0.05) is 18.6 Å². The minimum Gasteiger partial charge on any atom is -0.392 e. The van der Waals surface area contributed by atoms with Crippen LogP contribution in [-0.2, 0) is 9.84 Å². The molecule has 1 saturated heterocycles. The first-order chi connectivity index (χ1) is 6.26. The predicted molar refractivity (Wildman–Crippen MR) is 56.0 cm³/mol. The first kappa shape index (κ1) is 11.9. The summed E-state index contributed by atoms with van der Waals surface area (Å²) in [5, 5.41) is 9.57. The van der Waals surface area contributed by atoms with Crippen LogP contribution in [-0.4, -0.2) is 54.7 Å². The fourth-order valence-corrected chi connectivity index (χ4v) is 2.75. The van der Waals surface area contributed by atoms with Gasteiger partial charge in [0.2, 0.25) is 0 Å².